The topological polar surface area (TPSA) is 26.3 Å². The van der Waals surface area contributed by atoms with Gasteiger partial charge < -0.3 is 4.74 Å². The Labute approximate surface area is 67.9 Å². The van der Waals surface area contributed by atoms with Crippen molar-refractivity contribution in [2.45, 2.75) is 39.2 Å². The normalized spacial score (nSPS) is 24.5. The Kier molecular flexibility index (Phi) is 3.06. The SMILES string of the molecule is CC(C)CC(=O)[C@@H]1CCCO1. The molecular formula is C9H16O2. The number of rotatable bonds is 3. The van der Waals surface area contributed by atoms with E-state index in [-0.39, 0.29) is 11.9 Å². The summed E-state index contributed by atoms with van der Waals surface area (Å²) in [5.74, 6) is 0.754. The van der Waals surface area contributed by atoms with Gasteiger partial charge in [-0.05, 0) is 18.8 Å². The monoisotopic (exact) mass is 156 g/mol. The van der Waals surface area contributed by atoms with E-state index in [4.69, 9.17) is 4.74 Å². The number of Topliss-reactive ketones (excluding diaryl/α,β-unsaturated/α-hetero) is 1. The fourth-order valence-corrected chi connectivity index (χ4v) is 1.37. The van der Waals surface area contributed by atoms with Crippen LogP contribution < -0.4 is 0 Å². The van der Waals surface area contributed by atoms with Gasteiger partial charge in [0, 0.05) is 13.0 Å². The molecule has 2 nitrogen and oxygen atoms in total. The van der Waals surface area contributed by atoms with Gasteiger partial charge >= 0.3 is 0 Å². The summed E-state index contributed by atoms with van der Waals surface area (Å²) in [5, 5.41) is 0. The molecule has 0 radical (unpaired) electrons. The Morgan fingerprint density at radius 2 is 2.36 bits per heavy atom. The average Bonchev–Trinajstić information content (AvgIpc) is 2.35. The van der Waals surface area contributed by atoms with Crippen LogP contribution >= 0.6 is 0 Å². The van der Waals surface area contributed by atoms with Crippen LogP contribution in [0.15, 0.2) is 0 Å². The number of ether oxygens (including phenoxy) is 1. The minimum Gasteiger partial charge on any atom is -0.370 e. The van der Waals surface area contributed by atoms with Gasteiger partial charge in [-0.3, -0.25) is 4.79 Å². The molecule has 0 unspecified atom stereocenters. The molecule has 1 fully saturated rings. The third kappa shape index (κ3) is 2.62. The lowest BCUT2D eigenvalue weighted by Gasteiger charge is -2.09. The Morgan fingerprint density at radius 1 is 1.64 bits per heavy atom. The summed E-state index contributed by atoms with van der Waals surface area (Å²) in [7, 11) is 0. The number of ketones is 1. The Morgan fingerprint density at radius 3 is 2.82 bits per heavy atom. The second-order valence-electron chi connectivity index (χ2n) is 3.57. The number of carbonyl (C=O) groups excluding carboxylic acids is 1. The third-order valence-electron chi connectivity index (χ3n) is 1.90. The lowest BCUT2D eigenvalue weighted by Crippen LogP contribution is -2.20. The van der Waals surface area contributed by atoms with E-state index in [0.29, 0.717) is 12.3 Å². The summed E-state index contributed by atoms with van der Waals surface area (Å²) >= 11 is 0. The van der Waals surface area contributed by atoms with Gasteiger partial charge in [0.05, 0.1) is 0 Å². The minimum absolute atomic E-state index is 0.0719. The molecule has 1 saturated heterocycles. The van der Waals surface area contributed by atoms with Crippen molar-refractivity contribution in [1.82, 2.24) is 0 Å². The molecule has 64 valence electrons. The number of hydrogen-bond donors (Lipinski definition) is 0. The van der Waals surface area contributed by atoms with Crippen LogP contribution in [-0.2, 0) is 9.53 Å². The second kappa shape index (κ2) is 3.86. The van der Waals surface area contributed by atoms with Crippen LogP contribution in [0.3, 0.4) is 0 Å². The molecule has 1 heterocycles. The average molecular weight is 156 g/mol. The van der Waals surface area contributed by atoms with Gasteiger partial charge in [-0.25, -0.2) is 0 Å². The zero-order chi connectivity index (χ0) is 8.27. The Balaban J connectivity index is 2.28. The van der Waals surface area contributed by atoms with Crippen LogP contribution in [0.25, 0.3) is 0 Å². The zero-order valence-electron chi connectivity index (χ0n) is 7.30. The highest BCUT2D eigenvalue weighted by Crippen LogP contribution is 2.16. The summed E-state index contributed by atoms with van der Waals surface area (Å²) < 4.78 is 5.27. The Hall–Kier alpha value is -0.370. The van der Waals surface area contributed by atoms with Gasteiger partial charge in [0.15, 0.2) is 5.78 Å². The van der Waals surface area contributed by atoms with E-state index in [2.05, 4.69) is 13.8 Å². The first-order valence-corrected chi connectivity index (χ1v) is 4.34. The van der Waals surface area contributed by atoms with Crippen molar-refractivity contribution in [3.05, 3.63) is 0 Å². The lowest BCUT2D eigenvalue weighted by molar-refractivity contribution is -0.128. The van der Waals surface area contributed by atoms with E-state index in [0.717, 1.165) is 19.4 Å². The fraction of sp³-hybridized carbons (Fsp3) is 0.889. The molecule has 0 bridgehead atoms. The van der Waals surface area contributed by atoms with Crippen molar-refractivity contribution in [3.63, 3.8) is 0 Å². The van der Waals surface area contributed by atoms with E-state index in [1.54, 1.807) is 0 Å². The molecule has 0 aromatic carbocycles. The van der Waals surface area contributed by atoms with Gasteiger partial charge in [0.25, 0.3) is 0 Å². The third-order valence-corrected chi connectivity index (χ3v) is 1.90. The maximum Gasteiger partial charge on any atom is 0.161 e. The van der Waals surface area contributed by atoms with Gasteiger partial charge in [0.1, 0.15) is 6.10 Å². The van der Waals surface area contributed by atoms with E-state index >= 15 is 0 Å². The van der Waals surface area contributed by atoms with Crippen molar-refractivity contribution in [3.8, 4) is 0 Å². The van der Waals surface area contributed by atoms with Crippen LogP contribution in [0, 0.1) is 5.92 Å². The van der Waals surface area contributed by atoms with Gasteiger partial charge in [-0.1, -0.05) is 13.8 Å². The van der Waals surface area contributed by atoms with Gasteiger partial charge in [0.2, 0.25) is 0 Å². The molecule has 0 aromatic rings. The maximum absolute atomic E-state index is 11.3. The van der Waals surface area contributed by atoms with Gasteiger partial charge in [-0.15, -0.1) is 0 Å². The molecule has 0 aromatic heterocycles. The molecule has 11 heavy (non-hydrogen) atoms. The smallest absolute Gasteiger partial charge is 0.161 e. The van der Waals surface area contributed by atoms with E-state index < -0.39 is 0 Å². The standard InChI is InChI=1S/C9H16O2/c1-7(2)6-8(10)9-4-3-5-11-9/h7,9H,3-6H2,1-2H3/t9-/m0/s1. The van der Waals surface area contributed by atoms with Crippen molar-refractivity contribution >= 4 is 5.78 Å². The summed E-state index contributed by atoms with van der Waals surface area (Å²) in [5.41, 5.74) is 0. The molecule has 1 aliphatic rings. The summed E-state index contributed by atoms with van der Waals surface area (Å²) in [6.07, 6.45) is 2.59. The summed E-state index contributed by atoms with van der Waals surface area (Å²) in [6.45, 7) is 4.90. The highest BCUT2D eigenvalue weighted by Gasteiger charge is 2.23. The van der Waals surface area contributed by atoms with Crippen molar-refractivity contribution in [1.29, 1.82) is 0 Å². The predicted molar refractivity (Wildman–Crippen MR) is 43.4 cm³/mol. The lowest BCUT2D eigenvalue weighted by atomic mass is 10.0. The predicted octanol–water partition coefficient (Wildman–Crippen LogP) is 1.78. The first-order valence-electron chi connectivity index (χ1n) is 4.34. The van der Waals surface area contributed by atoms with Crippen LogP contribution in [0.2, 0.25) is 0 Å². The molecular weight excluding hydrogens is 140 g/mol. The molecule has 0 saturated carbocycles. The molecule has 1 atom stereocenters. The number of carbonyl (C=O) groups is 1. The molecule has 2 heteroatoms. The zero-order valence-corrected chi connectivity index (χ0v) is 7.30. The summed E-state index contributed by atoms with van der Waals surface area (Å²) in [4.78, 5) is 11.3. The number of hydrogen-bond acceptors (Lipinski definition) is 2. The highest BCUT2D eigenvalue weighted by atomic mass is 16.5. The maximum atomic E-state index is 11.3. The summed E-state index contributed by atoms with van der Waals surface area (Å²) in [6, 6.07) is 0. The Bertz CT molecular complexity index is 134. The van der Waals surface area contributed by atoms with E-state index in [1.807, 2.05) is 0 Å². The van der Waals surface area contributed by atoms with Crippen LogP contribution in [0.5, 0.6) is 0 Å². The minimum atomic E-state index is -0.0719. The largest absolute Gasteiger partial charge is 0.370 e. The van der Waals surface area contributed by atoms with E-state index in [1.165, 1.54) is 0 Å². The molecule has 1 rings (SSSR count). The van der Waals surface area contributed by atoms with Crippen LogP contribution in [0.1, 0.15) is 33.1 Å². The first kappa shape index (κ1) is 8.72. The molecule has 0 spiro atoms. The van der Waals surface area contributed by atoms with Crippen molar-refractivity contribution in [2.75, 3.05) is 6.61 Å². The highest BCUT2D eigenvalue weighted by molar-refractivity contribution is 5.83. The second-order valence-corrected chi connectivity index (χ2v) is 3.57. The molecule has 0 aliphatic carbocycles. The van der Waals surface area contributed by atoms with Crippen LogP contribution in [0.4, 0.5) is 0 Å². The van der Waals surface area contributed by atoms with Crippen molar-refractivity contribution < 1.29 is 9.53 Å². The molecule has 1 aliphatic heterocycles. The fourth-order valence-electron chi connectivity index (χ4n) is 1.37. The van der Waals surface area contributed by atoms with Crippen molar-refractivity contribution in [2.24, 2.45) is 5.92 Å². The van der Waals surface area contributed by atoms with E-state index in [9.17, 15) is 4.79 Å². The first-order chi connectivity index (χ1) is 5.20. The van der Waals surface area contributed by atoms with Gasteiger partial charge in [-0.2, -0.15) is 0 Å². The molecule has 0 N–H and O–H groups in total. The van der Waals surface area contributed by atoms with Crippen LogP contribution in [-0.4, -0.2) is 18.5 Å². The molecule has 0 amide bonds. The quantitative estimate of drug-likeness (QED) is 0.622.